The average molecular weight is 256 g/mol. The minimum atomic E-state index is 1.34. The molecule has 0 aromatic carbocycles. The van der Waals surface area contributed by atoms with Crippen molar-refractivity contribution in [3.8, 4) is 0 Å². The highest BCUT2D eigenvalue weighted by molar-refractivity contribution is 8.34. The van der Waals surface area contributed by atoms with Gasteiger partial charge in [-0.05, 0) is 25.7 Å². The monoisotopic (exact) mass is 256 g/mol. The van der Waals surface area contributed by atoms with Crippen molar-refractivity contribution in [1.82, 2.24) is 0 Å². The molecular weight excluding hydrogens is 248 g/mol. The Hall–Kier alpha value is 0.620. The van der Waals surface area contributed by atoms with Crippen molar-refractivity contribution in [2.45, 2.75) is 25.7 Å². The van der Waals surface area contributed by atoms with E-state index in [4.69, 9.17) is 0 Å². The van der Waals surface area contributed by atoms with Crippen LogP contribution in [0, 0.1) is 0 Å². The highest BCUT2D eigenvalue weighted by atomic mass is 32.2. The fraction of sp³-hybridized carbons (Fsp3) is 0.400. The number of hydrogen-bond acceptors (Lipinski definition) is 4. The average Bonchev–Trinajstić information content (AvgIpc) is 2.55. The SMILES string of the molecule is C1CC2=C1SC(=C1SC3=C(CC3)S1)S2. The summed E-state index contributed by atoms with van der Waals surface area (Å²) in [5.74, 6) is 0. The number of hydrogen-bond donors (Lipinski definition) is 0. The summed E-state index contributed by atoms with van der Waals surface area (Å²) in [6.07, 6.45) is 5.36. The quantitative estimate of drug-likeness (QED) is 0.592. The first-order valence-electron chi connectivity index (χ1n) is 4.80. The summed E-state index contributed by atoms with van der Waals surface area (Å²) in [7, 11) is 0. The van der Waals surface area contributed by atoms with Gasteiger partial charge in [-0.25, -0.2) is 0 Å². The number of allylic oxidation sites excluding steroid dienone is 4. The van der Waals surface area contributed by atoms with E-state index in [1.54, 1.807) is 28.1 Å². The highest BCUT2D eigenvalue weighted by Gasteiger charge is 2.34. The maximum Gasteiger partial charge on any atom is 0.0700 e. The third-order valence-electron chi connectivity index (χ3n) is 2.81. The molecule has 72 valence electrons. The first-order valence-corrected chi connectivity index (χ1v) is 8.06. The Kier molecular flexibility index (Phi) is 1.91. The first-order chi connectivity index (χ1) is 6.90. The molecule has 0 unspecified atom stereocenters. The van der Waals surface area contributed by atoms with E-state index in [1.165, 1.54) is 25.7 Å². The van der Waals surface area contributed by atoms with Crippen molar-refractivity contribution in [3.63, 3.8) is 0 Å². The largest absolute Gasteiger partial charge is 0.0846 e. The summed E-state index contributed by atoms with van der Waals surface area (Å²) in [6.45, 7) is 0. The molecule has 4 heteroatoms. The topological polar surface area (TPSA) is 0 Å². The van der Waals surface area contributed by atoms with Crippen LogP contribution in [0.2, 0.25) is 0 Å². The van der Waals surface area contributed by atoms with Crippen LogP contribution in [0.3, 0.4) is 0 Å². The molecule has 2 aliphatic carbocycles. The molecule has 0 atom stereocenters. The van der Waals surface area contributed by atoms with Crippen molar-refractivity contribution in [2.75, 3.05) is 0 Å². The van der Waals surface area contributed by atoms with Gasteiger partial charge >= 0.3 is 0 Å². The van der Waals surface area contributed by atoms with Gasteiger partial charge in [-0.3, -0.25) is 0 Å². The van der Waals surface area contributed by atoms with Crippen molar-refractivity contribution in [3.05, 3.63) is 28.1 Å². The van der Waals surface area contributed by atoms with Crippen molar-refractivity contribution in [1.29, 1.82) is 0 Å². The van der Waals surface area contributed by atoms with Gasteiger partial charge in [0.2, 0.25) is 0 Å². The minimum Gasteiger partial charge on any atom is -0.0846 e. The van der Waals surface area contributed by atoms with Crippen molar-refractivity contribution >= 4 is 47.0 Å². The van der Waals surface area contributed by atoms with Crippen LogP contribution < -0.4 is 0 Å². The standard InChI is InChI=1S/C10H8S4/c1-2-6-5(1)11-9(12-6)10-13-7-3-4-8(7)14-10/h1-4H2. The van der Waals surface area contributed by atoms with E-state index < -0.39 is 0 Å². The second kappa shape index (κ2) is 3.06. The summed E-state index contributed by atoms with van der Waals surface area (Å²) in [5.41, 5.74) is 0. The van der Waals surface area contributed by atoms with E-state index in [9.17, 15) is 0 Å². The Morgan fingerprint density at radius 1 is 0.500 bits per heavy atom. The molecule has 4 rings (SSSR count). The molecule has 0 nitrogen and oxygen atoms in total. The van der Waals surface area contributed by atoms with Gasteiger partial charge in [0.15, 0.2) is 0 Å². The molecule has 2 heterocycles. The minimum absolute atomic E-state index is 1.34. The Balaban J connectivity index is 1.62. The summed E-state index contributed by atoms with van der Waals surface area (Å²) in [6, 6.07) is 0. The molecular formula is C10H8S4. The second-order valence-electron chi connectivity index (χ2n) is 3.68. The zero-order valence-corrected chi connectivity index (χ0v) is 10.7. The molecule has 0 spiro atoms. The Bertz CT molecular complexity index is 351. The molecule has 0 fully saturated rings. The van der Waals surface area contributed by atoms with Crippen molar-refractivity contribution in [2.24, 2.45) is 0 Å². The van der Waals surface area contributed by atoms with Crippen LogP contribution in [0.25, 0.3) is 0 Å². The van der Waals surface area contributed by atoms with Gasteiger partial charge in [-0.1, -0.05) is 47.0 Å². The molecule has 14 heavy (non-hydrogen) atoms. The smallest absolute Gasteiger partial charge is 0.0700 e. The lowest BCUT2D eigenvalue weighted by atomic mass is 10.1. The lowest BCUT2D eigenvalue weighted by molar-refractivity contribution is 0.926. The summed E-state index contributed by atoms with van der Waals surface area (Å²) < 4.78 is 3.16. The summed E-state index contributed by atoms with van der Waals surface area (Å²) in [4.78, 5) is 6.64. The van der Waals surface area contributed by atoms with Gasteiger partial charge in [0, 0.05) is 19.6 Å². The lowest BCUT2D eigenvalue weighted by Crippen LogP contribution is -1.90. The first kappa shape index (κ1) is 8.74. The lowest BCUT2D eigenvalue weighted by Gasteiger charge is -2.11. The molecule has 0 aromatic rings. The number of rotatable bonds is 0. The van der Waals surface area contributed by atoms with Gasteiger partial charge in [0.05, 0.1) is 8.47 Å². The highest BCUT2D eigenvalue weighted by Crippen LogP contribution is 2.66. The van der Waals surface area contributed by atoms with Crippen LogP contribution in [0.15, 0.2) is 28.1 Å². The van der Waals surface area contributed by atoms with E-state index >= 15 is 0 Å². The van der Waals surface area contributed by atoms with E-state index in [2.05, 4.69) is 0 Å². The van der Waals surface area contributed by atoms with Gasteiger partial charge in [-0.15, -0.1) is 0 Å². The van der Waals surface area contributed by atoms with Crippen molar-refractivity contribution < 1.29 is 0 Å². The molecule has 0 bridgehead atoms. The normalized spacial score (nSPS) is 29.1. The van der Waals surface area contributed by atoms with Gasteiger partial charge in [0.25, 0.3) is 0 Å². The molecule has 4 aliphatic rings. The predicted octanol–water partition coefficient (Wildman–Crippen LogP) is 5.08. The molecule has 0 amide bonds. The maximum absolute atomic E-state index is 2.04. The summed E-state index contributed by atoms with van der Waals surface area (Å²) >= 11 is 8.17. The zero-order valence-electron chi connectivity index (χ0n) is 7.46. The van der Waals surface area contributed by atoms with Crippen LogP contribution in [0.4, 0.5) is 0 Å². The Morgan fingerprint density at radius 3 is 1.00 bits per heavy atom. The predicted molar refractivity (Wildman–Crippen MR) is 69.9 cm³/mol. The molecule has 0 radical (unpaired) electrons. The molecule has 0 aromatic heterocycles. The second-order valence-corrected chi connectivity index (χ2v) is 8.61. The van der Waals surface area contributed by atoms with Crippen LogP contribution in [-0.4, -0.2) is 0 Å². The number of thioether (sulfide) groups is 4. The third kappa shape index (κ3) is 1.14. The zero-order chi connectivity index (χ0) is 9.12. The van der Waals surface area contributed by atoms with E-state index in [-0.39, 0.29) is 0 Å². The van der Waals surface area contributed by atoms with E-state index in [0.717, 1.165) is 0 Å². The van der Waals surface area contributed by atoms with Gasteiger partial charge in [0.1, 0.15) is 0 Å². The summed E-state index contributed by atoms with van der Waals surface area (Å²) in [5, 5.41) is 0. The van der Waals surface area contributed by atoms with E-state index in [1.807, 2.05) is 47.0 Å². The third-order valence-corrected chi connectivity index (χ3v) is 8.93. The van der Waals surface area contributed by atoms with Crippen LogP contribution in [0.5, 0.6) is 0 Å². The molecule has 0 saturated carbocycles. The van der Waals surface area contributed by atoms with Crippen LogP contribution in [0.1, 0.15) is 25.7 Å². The van der Waals surface area contributed by atoms with Gasteiger partial charge in [-0.2, -0.15) is 0 Å². The Morgan fingerprint density at radius 2 is 0.786 bits per heavy atom. The fourth-order valence-corrected chi connectivity index (χ4v) is 7.69. The van der Waals surface area contributed by atoms with E-state index in [0.29, 0.717) is 0 Å². The maximum atomic E-state index is 2.04. The molecule has 0 saturated heterocycles. The van der Waals surface area contributed by atoms with Crippen LogP contribution >= 0.6 is 47.0 Å². The fourth-order valence-electron chi connectivity index (χ4n) is 1.75. The molecule has 0 N–H and O–H groups in total. The van der Waals surface area contributed by atoms with Crippen LogP contribution in [-0.2, 0) is 0 Å². The Labute approximate surface area is 100 Å². The molecule has 2 aliphatic heterocycles. The van der Waals surface area contributed by atoms with Gasteiger partial charge < -0.3 is 0 Å².